The number of carbonyl (C=O) groups is 7. The number of amides is 1. The first-order chi connectivity index (χ1) is 21.3. The summed E-state index contributed by atoms with van der Waals surface area (Å²) >= 11 is 0. The van der Waals surface area contributed by atoms with E-state index in [1.807, 2.05) is 0 Å². The molecule has 5 rings (SSSR count). The zero-order valence-electron chi connectivity index (χ0n) is 26.6. The highest BCUT2D eigenvalue weighted by molar-refractivity contribution is 6.32. The predicted molar refractivity (Wildman–Crippen MR) is 158 cm³/mol. The van der Waals surface area contributed by atoms with Gasteiger partial charge in [-0.05, 0) is 65.3 Å². The fourth-order valence-corrected chi connectivity index (χ4v) is 8.19. The number of esters is 2. The van der Waals surface area contributed by atoms with Gasteiger partial charge in [0, 0.05) is 5.92 Å². The topological polar surface area (TPSA) is 208 Å². The standard InChI is InChI=1S/C33H40N2O11/c1-13-14-9-8-12-17(36)19(14)24(37)20-18(13)26(45-30(42)15-10-7-11-16(15)31(43)46-32(2,3)4)22-23(35(5)6)25(38)21(29(34)41)28(40)33(22,44)27(20)39/h8-9,12-13,15-16,18,20-23,26,36,44H,7,10-11H2,1-6H3,(H2,34,41)/t13-,15?,16?,18+,20?,21?,22+,23-,26-,33-/m1/s1. The largest absolute Gasteiger partial charge is 0.507 e. The predicted octanol–water partition coefficient (Wildman–Crippen LogP) is 0.708. The van der Waals surface area contributed by atoms with Crippen molar-refractivity contribution in [3.63, 3.8) is 0 Å². The van der Waals surface area contributed by atoms with E-state index >= 15 is 0 Å². The molecule has 4 N–H and O–H groups in total. The number of fused-ring (bicyclic) bond motifs is 3. The van der Waals surface area contributed by atoms with Gasteiger partial charge in [0.25, 0.3) is 0 Å². The SMILES string of the molecule is C[C@@H]1c2cccc(O)c2C(=O)C2C(=O)[C@@]3(O)C(=O)C(C(N)=O)C(=O)[C@H](N(C)C)[C@H]3[C@H](OC(=O)C3CCCC3C(=O)OC(C)(C)C)[C@H]21. The van der Waals surface area contributed by atoms with E-state index in [4.69, 9.17) is 15.2 Å². The Morgan fingerprint density at radius 1 is 1.00 bits per heavy atom. The molecule has 1 amide bonds. The number of nitrogens with two attached hydrogens (primary N) is 1. The number of phenolic OH excluding ortho intramolecular Hbond substituents is 1. The van der Waals surface area contributed by atoms with Gasteiger partial charge in [0.15, 0.2) is 34.7 Å². The lowest BCUT2D eigenvalue weighted by molar-refractivity contribution is -0.207. The van der Waals surface area contributed by atoms with Crippen molar-refractivity contribution >= 4 is 41.0 Å². The Hall–Kier alpha value is -3.97. The number of carbonyl (C=O) groups excluding carboxylic acids is 7. The molecule has 4 aliphatic carbocycles. The number of benzene rings is 1. The van der Waals surface area contributed by atoms with E-state index in [0.717, 1.165) is 0 Å². The molecule has 0 saturated heterocycles. The van der Waals surface area contributed by atoms with Crippen molar-refractivity contribution in [2.75, 3.05) is 14.1 Å². The number of aliphatic hydroxyl groups is 1. The molecule has 248 valence electrons. The van der Waals surface area contributed by atoms with Gasteiger partial charge in [-0.1, -0.05) is 25.5 Å². The van der Waals surface area contributed by atoms with Crippen molar-refractivity contribution in [1.82, 2.24) is 4.90 Å². The Labute approximate surface area is 265 Å². The van der Waals surface area contributed by atoms with Crippen molar-refractivity contribution in [2.45, 2.75) is 76.2 Å². The molecule has 4 aliphatic rings. The third-order valence-corrected chi connectivity index (χ3v) is 10.1. The van der Waals surface area contributed by atoms with Gasteiger partial charge in [-0.15, -0.1) is 0 Å². The van der Waals surface area contributed by atoms with Crippen LogP contribution in [-0.4, -0.2) is 93.5 Å². The van der Waals surface area contributed by atoms with Gasteiger partial charge in [-0.3, -0.25) is 38.5 Å². The average Bonchev–Trinajstić information content (AvgIpc) is 3.44. The molecule has 0 spiro atoms. The van der Waals surface area contributed by atoms with Gasteiger partial charge >= 0.3 is 11.9 Å². The molecule has 10 atom stereocenters. The van der Waals surface area contributed by atoms with Gasteiger partial charge < -0.3 is 25.4 Å². The van der Waals surface area contributed by atoms with E-state index in [0.29, 0.717) is 18.4 Å². The van der Waals surface area contributed by atoms with E-state index in [9.17, 15) is 43.8 Å². The quantitative estimate of drug-likeness (QED) is 0.300. The van der Waals surface area contributed by atoms with E-state index in [2.05, 4.69) is 0 Å². The number of aromatic hydroxyl groups is 1. The maximum Gasteiger partial charge on any atom is 0.310 e. The van der Waals surface area contributed by atoms with Crippen LogP contribution in [0.15, 0.2) is 18.2 Å². The number of hydrogen-bond acceptors (Lipinski definition) is 12. The molecule has 1 aromatic rings. The smallest absolute Gasteiger partial charge is 0.310 e. The highest BCUT2D eigenvalue weighted by Gasteiger charge is 2.74. The molecule has 0 radical (unpaired) electrons. The van der Waals surface area contributed by atoms with Crippen LogP contribution in [0, 0.1) is 35.5 Å². The Balaban J connectivity index is 1.68. The van der Waals surface area contributed by atoms with Crippen LogP contribution < -0.4 is 5.73 Å². The van der Waals surface area contributed by atoms with Crippen LogP contribution in [-0.2, 0) is 38.2 Å². The zero-order chi connectivity index (χ0) is 34.2. The number of ether oxygens (including phenoxy) is 2. The lowest BCUT2D eigenvalue weighted by Crippen LogP contribution is -2.78. The first-order valence-electron chi connectivity index (χ1n) is 15.4. The molecule has 13 nitrogen and oxygen atoms in total. The number of nitrogens with zero attached hydrogens (tertiary/aromatic N) is 1. The molecule has 4 unspecified atom stereocenters. The first-order valence-corrected chi connectivity index (χ1v) is 15.4. The van der Waals surface area contributed by atoms with Crippen LogP contribution in [0.3, 0.4) is 0 Å². The highest BCUT2D eigenvalue weighted by Crippen LogP contribution is 2.55. The summed E-state index contributed by atoms with van der Waals surface area (Å²) in [5.74, 6) is -17.4. The second-order valence-electron chi connectivity index (χ2n) is 14.2. The first kappa shape index (κ1) is 33.4. The van der Waals surface area contributed by atoms with Crippen molar-refractivity contribution < 1.29 is 53.2 Å². The number of rotatable bonds is 5. The molecular weight excluding hydrogens is 600 g/mol. The number of ketones is 4. The van der Waals surface area contributed by atoms with E-state index < -0.39 is 112 Å². The minimum Gasteiger partial charge on any atom is -0.507 e. The van der Waals surface area contributed by atoms with Crippen molar-refractivity contribution in [1.29, 1.82) is 0 Å². The second kappa shape index (κ2) is 11.4. The summed E-state index contributed by atoms with van der Waals surface area (Å²) in [4.78, 5) is 96.9. The van der Waals surface area contributed by atoms with Crippen molar-refractivity contribution in [3.05, 3.63) is 29.3 Å². The Morgan fingerprint density at radius 2 is 1.61 bits per heavy atom. The molecule has 46 heavy (non-hydrogen) atoms. The van der Waals surface area contributed by atoms with Crippen LogP contribution in [0.4, 0.5) is 0 Å². The monoisotopic (exact) mass is 640 g/mol. The number of phenols is 1. The summed E-state index contributed by atoms with van der Waals surface area (Å²) in [6.07, 6.45) is -0.480. The number of primary amides is 1. The fraction of sp³-hybridized carbons (Fsp3) is 0.606. The third-order valence-electron chi connectivity index (χ3n) is 10.1. The number of Topliss-reactive ketones (excluding diaryl/α,β-unsaturated/α-hetero) is 4. The Morgan fingerprint density at radius 3 is 2.17 bits per heavy atom. The van der Waals surface area contributed by atoms with E-state index in [1.165, 1.54) is 31.1 Å². The normalized spacial score (nSPS) is 35.7. The molecule has 3 saturated carbocycles. The zero-order valence-corrected chi connectivity index (χ0v) is 26.6. The maximum atomic E-state index is 14.4. The minimum atomic E-state index is -3.13. The van der Waals surface area contributed by atoms with Crippen LogP contribution in [0.2, 0.25) is 0 Å². The third kappa shape index (κ3) is 4.95. The lowest BCUT2D eigenvalue weighted by Gasteiger charge is -2.56. The second-order valence-corrected chi connectivity index (χ2v) is 14.2. The summed E-state index contributed by atoms with van der Waals surface area (Å²) in [5.41, 5.74) is 1.66. The molecule has 3 fully saturated rings. The highest BCUT2D eigenvalue weighted by atomic mass is 16.6. The molecule has 13 heteroatoms. The van der Waals surface area contributed by atoms with E-state index in [-0.39, 0.29) is 12.0 Å². The van der Waals surface area contributed by atoms with Gasteiger partial charge in [0.05, 0.1) is 35.3 Å². The molecule has 0 aliphatic heterocycles. The van der Waals surface area contributed by atoms with Crippen LogP contribution in [0.1, 0.15) is 68.8 Å². The maximum absolute atomic E-state index is 14.4. The summed E-state index contributed by atoms with van der Waals surface area (Å²) in [5, 5.41) is 22.8. The summed E-state index contributed by atoms with van der Waals surface area (Å²) in [6, 6.07) is 2.84. The van der Waals surface area contributed by atoms with Crippen LogP contribution >= 0.6 is 0 Å². The molecule has 0 aromatic heterocycles. The summed E-state index contributed by atoms with van der Waals surface area (Å²) in [7, 11) is 2.87. The Bertz CT molecular complexity index is 1540. The van der Waals surface area contributed by atoms with Crippen LogP contribution in [0.25, 0.3) is 0 Å². The average molecular weight is 641 g/mol. The van der Waals surface area contributed by atoms with Gasteiger partial charge in [0.1, 0.15) is 17.5 Å². The Kier molecular flexibility index (Phi) is 8.26. The van der Waals surface area contributed by atoms with Gasteiger partial charge in [-0.25, -0.2) is 0 Å². The summed E-state index contributed by atoms with van der Waals surface area (Å²) < 4.78 is 11.7. The fourth-order valence-electron chi connectivity index (χ4n) is 8.19. The number of likely N-dealkylation sites (N-methyl/N-ethyl adjacent to an activating group) is 1. The van der Waals surface area contributed by atoms with Crippen molar-refractivity contribution in [2.24, 2.45) is 41.2 Å². The molecule has 1 aromatic carbocycles. The summed E-state index contributed by atoms with van der Waals surface area (Å²) in [6.45, 7) is 6.75. The van der Waals surface area contributed by atoms with Crippen LogP contribution in [0.5, 0.6) is 5.75 Å². The molecular formula is C33H40N2O11. The van der Waals surface area contributed by atoms with E-state index in [1.54, 1.807) is 33.8 Å². The van der Waals surface area contributed by atoms with Gasteiger partial charge in [0.2, 0.25) is 5.91 Å². The van der Waals surface area contributed by atoms with Gasteiger partial charge in [-0.2, -0.15) is 0 Å². The number of hydrogen-bond donors (Lipinski definition) is 3. The minimum absolute atomic E-state index is 0.174. The van der Waals surface area contributed by atoms with Crippen molar-refractivity contribution in [3.8, 4) is 5.75 Å². The molecule has 0 bridgehead atoms. The lowest BCUT2D eigenvalue weighted by atomic mass is 9.49. The molecule has 0 heterocycles.